The Kier molecular flexibility index (Phi) is 10.2. The van der Waals surface area contributed by atoms with Gasteiger partial charge in [0.2, 0.25) is 0 Å². The van der Waals surface area contributed by atoms with Crippen LogP contribution < -0.4 is 15.0 Å². The summed E-state index contributed by atoms with van der Waals surface area (Å²) in [6.45, 7) is 9.29. The van der Waals surface area contributed by atoms with Crippen molar-refractivity contribution in [2.45, 2.75) is 40.2 Å². The van der Waals surface area contributed by atoms with Gasteiger partial charge in [0.15, 0.2) is 5.82 Å². The first-order valence-electron chi connectivity index (χ1n) is 13.9. The van der Waals surface area contributed by atoms with Crippen LogP contribution in [0.15, 0.2) is 87.2 Å². The van der Waals surface area contributed by atoms with Gasteiger partial charge in [0, 0.05) is 10.0 Å². The molecule has 220 valence electrons. The minimum atomic E-state index is -0.227. The van der Waals surface area contributed by atoms with Crippen molar-refractivity contribution in [1.82, 2.24) is 9.66 Å². The molecule has 0 atom stereocenters. The zero-order chi connectivity index (χ0) is 30.7. The summed E-state index contributed by atoms with van der Waals surface area (Å²) in [6.07, 6.45) is 1.71. The molecule has 6 nitrogen and oxygen atoms in total. The van der Waals surface area contributed by atoms with E-state index in [-0.39, 0.29) is 11.5 Å². The molecule has 9 heteroatoms. The normalized spacial score (nSPS) is 11.5. The van der Waals surface area contributed by atoms with Crippen LogP contribution in [0.5, 0.6) is 11.5 Å². The number of benzene rings is 4. The Bertz CT molecular complexity index is 1860. The topological polar surface area (TPSA) is 65.7 Å². The van der Waals surface area contributed by atoms with Crippen molar-refractivity contribution in [3.05, 3.63) is 117 Å². The summed E-state index contributed by atoms with van der Waals surface area (Å²) in [7, 11) is 0. The lowest BCUT2D eigenvalue weighted by Crippen LogP contribution is -2.21. The zero-order valence-corrected chi connectivity index (χ0v) is 30.1. The summed E-state index contributed by atoms with van der Waals surface area (Å²) in [6, 6.07) is 23.6. The molecule has 0 aliphatic rings. The van der Waals surface area contributed by atoms with Gasteiger partial charge in [-0.05, 0) is 136 Å². The number of aryl methyl sites for hydroxylation is 1. The first-order chi connectivity index (χ1) is 20.7. The van der Waals surface area contributed by atoms with E-state index in [9.17, 15) is 4.79 Å². The molecule has 0 spiro atoms. The van der Waals surface area contributed by atoms with Gasteiger partial charge in [0.05, 0.1) is 30.9 Å². The molecular formula is C34H30BrI2N3O3. The van der Waals surface area contributed by atoms with Gasteiger partial charge in [-0.3, -0.25) is 4.79 Å². The smallest absolute Gasteiger partial charge is 0.282 e. The zero-order valence-electron chi connectivity index (χ0n) is 24.2. The number of aromatic nitrogens is 2. The minimum Gasteiger partial charge on any atom is -0.494 e. The molecule has 0 radical (unpaired) electrons. The Labute approximate surface area is 286 Å². The first-order valence-corrected chi connectivity index (χ1v) is 16.8. The molecule has 0 fully saturated rings. The SMILES string of the molecule is CCOc1cc(C)c(-c2nc3ccccc3c(=O)n2N=Cc2cc(I)c(OCc3ccc(Br)cc3)c(I)c2)cc1C(C)C. The van der Waals surface area contributed by atoms with E-state index in [0.717, 1.165) is 50.9 Å². The van der Waals surface area contributed by atoms with Crippen LogP contribution in [-0.4, -0.2) is 22.5 Å². The average molecular weight is 862 g/mol. The lowest BCUT2D eigenvalue weighted by atomic mass is 9.96. The van der Waals surface area contributed by atoms with Gasteiger partial charge < -0.3 is 9.47 Å². The fourth-order valence-electron chi connectivity index (χ4n) is 4.73. The van der Waals surface area contributed by atoms with E-state index < -0.39 is 0 Å². The Morgan fingerprint density at radius 2 is 1.70 bits per heavy atom. The Morgan fingerprint density at radius 1 is 1.00 bits per heavy atom. The standard InChI is InChI=1S/C34H30BrI2N3O3/c1-5-42-31-14-21(4)27(17-26(31)20(2)3)33-39-30-9-7-6-8-25(30)34(41)40(33)38-18-23-15-28(36)32(29(37)16-23)43-19-22-10-12-24(35)13-11-22/h6-18,20H,5,19H2,1-4H3. The van der Waals surface area contributed by atoms with Gasteiger partial charge in [0.1, 0.15) is 18.1 Å². The molecular weight excluding hydrogens is 832 g/mol. The number of nitrogens with zero attached hydrogens (tertiary/aromatic N) is 3. The molecule has 43 heavy (non-hydrogen) atoms. The van der Waals surface area contributed by atoms with Crippen molar-refractivity contribution >= 4 is 78.2 Å². The number of rotatable bonds is 9. The van der Waals surface area contributed by atoms with E-state index in [2.05, 4.69) is 81.0 Å². The van der Waals surface area contributed by atoms with Crippen molar-refractivity contribution in [3.8, 4) is 22.9 Å². The first kappa shape index (κ1) is 31.6. The van der Waals surface area contributed by atoms with Gasteiger partial charge >= 0.3 is 0 Å². The number of fused-ring (bicyclic) bond motifs is 1. The molecule has 0 unspecified atom stereocenters. The van der Waals surface area contributed by atoms with Crippen molar-refractivity contribution in [2.75, 3.05) is 6.61 Å². The Hall–Kier alpha value is -2.77. The quantitative estimate of drug-likeness (QED) is 0.110. The van der Waals surface area contributed by atoms with Crippen LogP contribution in [-0.2, 0) is 6.61 Å². The van der Waals surface area contributed by atoms with E-state index in [1.807, 2.05) is 74.5 Å². The van der Waals surface area contributed by atoms with Crippen molar-refractivity contribution in [3.63, 3.8) is 0 Å². The van der Waals surface area contributed by atoms with Crippen LogP contribution >= 0.6 is 61.1 Å². The largest absolute Gasteiger partial charge is 0.494 e. The summed E-state index contributed by atoms with van der Waals surface area (Å²) >= 11 is 8.03. The van der Waals surface area contributed by atoms with Crippen LogP contribution in [0.1, 0.15) is 48.9 Å². The fraction of sp³-hybridized carbons (Fsp3) is 0.206. The molecule has 0 bridgehead atoms. The fourth-order valence-corrected chi connectivity index (χ4v) is 7.12. The third-order valence-corrected chi connectivity index (χ3v) is 9.04. The number of hydrogen-bond acceptors (Lipinski definition) is 5. The molecule has 0 N–H and O–H groups in total. The van der Waals surface area contributed by atoms with Crippen molar-refractivity contribution in [1.29, 1.82) is 0 Å². The van der Waals surface area contributed by atoms with Crippen LogP contribution in [0.2, 0.25) is 0 Å². The van der Waals surface area contributed by atoms with Gasteiger partial charge in [-0.2, -0.15) is 9.78 Å². The van der Waals surface area contributed by atoms with Gasteiger partial charge in [-0.1, -0.05) is 54.0 Å². The van der Waals surface area contributed by atoms with Crippen LogP contribution in [0.3, 0.4) is 0 Å². The highest BCUT2D eigenvalue weighted by molar-refractivity contribution is 14.1. The van der Waals surface area contributed by atoms with Crippen LogP contribution in [0.25, 0.3) is 22.3 Å². The van der Waals surface area contributed by atoms with E-state index in [0.29, 0.717) is 29.9 Å². The van der Waals surface area contributed by atoms with Crippen molar-refractivity contribution in [2.24, 2.45) is 5.10 Å². The van der Waals surface area contributed by atoms with E-state index in [1.54, 1.807) is 12.3 Å². The van der Waals surface area contributed by atoms with E-state index in [4.69, 9.17) is 19.6 Å². The molecule has 1 aromatic heterocycles. The second-order valence-electron chi connectivity index (χ2n) is 10.3. The predicted octanol–water partition coefficient (Wildman–Crippen LogP) is 9.33. The van der Waals surface area contributed by atoms with Crippen LogP contribution in [0, 0.1) is 14.1 Å². The third kappa shape index (κ3) is 7.15. The molecule has 4 aromatic carbocycles. The average Bonchev–Trinajstić information content (AvgIpc) is 2.97. The maximum atomic E-state index is 13.8. The highest BCUT2D eigenvalue weighted by atomic mass is 127. The molecule has 0 saturated carbocycles. The summed E-state index contributed by atoms with van der Waals surface area (Å²) in [5.74, 6) is 2.38. The molecule has 5 rings (SSSR count). The molecule has 1 heterocycles. The van der Waals surface area contributed by atoms with E-state index in [1.165, 1.54) is 4.68 Å². The Morgan fingerprint density at radius 3 is 2.37 bits per heavy atom. The third-order valence-electron chi connectivity index (χ3n) is 6.91. The summed E-state index contributed by atoms with van der Waals surface area (Å²) in [4.78, 5) is 18.8. The lowest BCUT2D eigenvalue weighted by Gasteiger charge is -2.18. The minimum absolute atomic E-state index is 0.221. The second-order valence-corrected chi connectivity index (χ2v) is 13.6. The monoisotopic (exact) mass is 861 g/mol. The highest BCUT2D eigenvalue weighted by Gasteiger charge is 2.19. The molecule has 0 aliphatic carbocycles. The molecule has 0 amide bonds. The lowest BCUT2D eigenvalue weighted by molar-refractivity contribution is 0.301. The number of halogens is 3. The van der Waals surface area contributed by atoms with E-state index >= 15 is 0 Å². The van der Waals surface area contributed by atoms with Gasteiger partial charge in [-0.15, -0.1) is 0 Å². The predicted molar refractivity (Wildman–Crippen MR) is 195 cm³/mol. The second kappa shape index (κ2) is 13.9. The number of ether oxygens (including phenoxy) is 2. The maximum Gasteiger partial charge on any atom is 0.282 e. The summed E-state index contributed by atoms with van der Waals surface area (Å²) in [5.41, 5.74) is 5.19. The molecule has 0 saturated heterocycles. The highest BCUT2D eigenvalue weighted by Crippen LogP contribution is 2.34. The van der Waals surface area contributed by atoms with Crippen molar-refractivity contribution < 1.29 is 9.47 Å². The maximum absolute atomic E-state index is 13.8. The van der Waals surface area contributed by atoms with Gasteiger partial charge in [0.25, 0.3) is 5.56 Å². The molecule has 0 aliphatic heterocycles. The summed E-state index contributed by atoms with van der Waals surface area (Å²) < 4.78 is 16.5. The van der Waals surface area contributed by atoms with Gasteiger partial charge in [-0.25, -0.2) is 4.98 Å². The number of hydrogen-bond donors (Lipinski definition) is 0. The van der Waals surface area contributed by atoms with Crippen LogP contribution in [0.4, 0.5) is 0 Å². The summed E-state index contributed by atoms with van der Waals surface area (Å²) in [5, 5.41) is 5.24. The number of para-hydroxylation sites is 1. The molecule has 5 aromatic rings. The Balaban J connectivity index is 1.56.